The number of hydrogen-bond acceptors (Lipinski definition) is 4. The number of carbonyl (C=O) groups is 2. The number of halogens is 1. The van der Waals surface area contributed by atoms with Crippen LogP contribution in [-0.4, -0.2) is 44.0 Å². The van der Waals surface area contributed by atoms with Crippen LogP contribution in [0.3, 0.4) is 0 Å². The van der Waals surface area contributed by atoms with Crippen LogP contribution in [0.25, 0.3) is 0 Å². The van der Waals surface area contributed by atoms with E-state index >= 15 is 0 Å². The molecule has 1 fully saturated rings. The monoisotopic (exact) mass is 402 g/mol. The highest BCUT2D eigenvalue weighted by atomic mass is 35.5. The first-order valence-electron chi connectivity index (χ1n) is 9.09. The van der Waals surface area contributed by atoms with Gasteiger partial charge in [-0.15, -0.1) is 0 Å². The summed E-state index contributed by atoms with van der Waals surface area (Å²) in [4.78, 5) is 27.0. The minimum absolute atomic E-state index is 0.0246. The number of carbonyl (C=O) groups excluding carboxylic acids is 2. The Kier molecular flexibility index (Phi) is 6.41. The molecule has 3 rings (SSSR count). The molecule has 0 spiro atoms. The van der Waals surface area contributed by atoms with Crippen LogP contribution < -0.4 is 14.8 Å². The summed E-state index contributed by atoms with van der Waals surface area (Å²) >= 11 is 6.10. The number of ether oxygens (including phenoxy) is 2. The Morgan fingerprint density at radius 2 is 1.71 bits per heavy atom. The summed E-state index contributed by atoms with van der Waals surface area (Å²) in [5, 5.41) is 3.34. The van der Waals surface area contributed by atoms with E-state index in [1.54, 1.807) is 61.6 Å². The lowest BCUT2D eigenvalue weighted by Crippen LogP contribution is -2.41. The molecule has 0 aromatic heterocycles. The second kappa shape index (κ2) is 8.97. The largest absolute Gasteiger partial charge is 0.497 e. The Morgan fingerprint density at radius 3 is 2.29 bits per heavy atom. The fraction of sp³-hybridized carbons (Fsp3) is 0.333. The van der Waals surface area contributed by atoms with Gasteiger partial charge in [0.15, 0.2) is 0 Å². The number of hydrogen-bond donors (Lipinski definition) is 1. The van der Waals surface area contributed by atoms with Gasteiger partial charge in [0.05, 0.1) is 19.2 Å². The smallest absolute Gasteiger partial charge is 0.253 e. The second-order valence-electron chi connectivity index (χ2n) is 6.63. The quantitative estimate of drug-likeness (QED) is 0.824. The summed E-state index contributed by atoms with van der Waals surface area (Å²) < 4.78 is 10.2. The maximum atomic E-state index is 12.6. The van der Waals surface area contributed by atoms with Crippen molar-refractivity contribution in [3.63, 3.8) is 0 Å². The van der Waals surface area contributed by atoms with Gasteiger partial charge in [-0.2, -0.15) is 0 Å². The first kappa shape index (κ1) is 20.0. The Labute approximate surface area is 169 Å². The summed E-state index contributed by atoms with van der Waals surface area (Å²) in [5.41, 5.74) is 1.25. The second-order valence-corrected chi connectivity index (χ2v) is 7.04. The lowest BCUT2D eigenvalue weighted by molar-refractivity contribution is -0.121. The minimum Gasteiger partial charge on any atom is -0.497 e. The van der Waals surface area contributed by atoms with Crippen LogP contribution in [0.2, 0.25) is 5.02 Å². The van der Waals surface area contributed by atoms with Gasteiger partial charge in [0.1, 0.15) is 11.5 Å². The van der Waals surface area contributed by atoms with E-state index in [0.717, 1.165) is 0 Å². The zero-order valence-electron chi connectivity index (χ0n) is 15.9. The highest BCUT2D eigenvalue weighted by molar-refractivity contribution is 6.32. The zero-order valence-corrected chi connectivity index (χ0v) is 16.7. The van der Waals surface area contributed by atoms with Crippen LogP contribution in [-0.2, 0) is 4.79 Å². The molecule has 0 unspecified atom stereocenters. The zero-order chi connectivity index (χ0) is 20.1. The van der Waals surface area contributed by atoms with Gasteiger partial charge >= 0.3 is 0 Å². The van der Waals surface area contributed by atoms with E-state index in [-0.39, 0.29) is 17.7 Å². The minimum atomic E-state index is -0.138. The number of piperidine rings is 1. The molecule has 6 nitrogen and oxygen atoms in total. The van der Waals surface area contributed by atoms with Crippen LogP contribution in [0.5, 0.6) is 11.5 Å². The number of nitrogens with zero attached hydrogens (tertiary/aromatic N) is 1. The summed E-state index contributed by atoms with van der Waals surface area (Å²) in [6.07, 6.45) is 1.25. The molecule has 28 heavy (non-hydrogen) atoms. The third-order valence-electron chi connectivity index (χ3n) is 4.91. The van der Waals surface area contributed by atoms with Gasteiger partial charge in [0.25, 0.3) is 5.91 Å². The van der Waals surface area contributed by atoms with Crippen LogP contribution in [0, 0.1) is 5.92 Å². The molecule has 2 aromatic rings. The third kappa shape index (κ3) is 4.57. The average Bonchev–Trinajstić information content (AvgIpc) is 2.73. The van der Waals surface area contributed by atoms with Crippen molar-refractivity contribution < 1.29 is 19.1 Å². The molecule has 148 valence electrons. The molecule has 2 aromatic carbocycles. The molecule has 1 saturated heterocycles. The summed E-state index contributed by atoms with van der Waals surface area (Å²) in [5.74, 6) is 1.05. The molecule has 1 N–H and O–H groups in total. The molecular formula is C21H23ClN2O4. The normalized spacial score (nSPS) is 14.5. The van der Waals surface area contributed by atoms with Crippen LogP contribution in [0.4, 0.5) is 5.69 Å². The molecular weight excluding hydrogens is 380 g/mol. The predicted molar refractivity (Wildman–Crippen MR) is 108 cm³/mol. The molecule has 1 aliphatic rings. The first-order chi connectivity index (χ1) is 13.5. The molecule has 0 atom stereocenters. The molecule has 1 aliphatic heterocycles. The molecule has 0 saturated carbocycles. The molecule has 7 heteroatoms. The van der Waals surface area contributed by atoms with Crippen LogP contribution in [0.1, 0.15) is 23.2 Å². The molecule has 1 heterocycles. The van der Waals surface area contributed by atoms with Gasteiger partial charge < -0.3 is 19.7 Å². The van der Waals surface area contributed by atoms with Gasteiger partial charge in [-0.05, 0) is 55.3 Å². The number of amides is 2. The third-order valence-corrected chi connectivity index (χ3v) is 5.20. The van der Waals surface area contributed by atoms with E-state index in [2.05, 4.69) is 5.32 Å². The van der Waals surface area contributed by atoms with Gasteiger partial charge in [0.2, 0.25) is 5.91 Å². The number of nitrogens with one attached hydrogen (secondary N) is 1. The van der Waals surface area contributed by atoms with Crippen molar-refractivity contribution in [2.75, 3.05) is 32.6 Å². The predicted octanol–water partition coefficient (Wildman–Crippen LogP) is 3.85. The molecule has 0 aliphatic carbocycles. The summed E-state index contributed by atoms with van der Waals surface area (Å²) in [7, 11) is 3.13. The first-order valence-corrected chi connectivity index (χ1v) is 9.47. The molecule has 0 bridgehead atoms. The molecule has 2 amide bonds. The van der Waals surface area contributed by atoms with Crippen molar-refractivity contribution in [3.8, 4) is 11.5 Å². The van der Waals surface area contributed by atoms with Crippen molar-refractivity contribution in [1.29, 1.82) is 0 Å². The molecule has 0 radical (unpaired) electrons. The highest BCUT2D eigenvalue weighted by Gasteiger charge is 2.28. The van der Waals surface area contributed by atoms with Crippen molar-refractivity contribution in [2.45, 2.75) is 12.8 Å². The Morgan fingerprint density at radius 1 is 1.04 bits per heavy atom. The number of anilines is 1. The van der Waals surface area contributed by atoms with Gasteiger partial charge in [-0.3, -0.25) is 9.59 Å². The standard InChI is InChI=1S/C21H23ClN2O4/c1-27-17-6-3-15(4-7-17)21(26)24-11-9-14(10-12-24)20(25)23-16-5-8-19(28-2)18(22)13-16/h3-8,13-14H,9-12H2,1-2H3,(H,23,25). The highest BCUT2D eigenvalue weighted by Crippen LogP contribution is 2.28. The van der Waals surface area contributed by atoms with E-state index in [4.69, 9.17) is 21.1 Å². The summed E-state index contributed by atoms with van der Waals surface area (Å²) in [6, 6.07) is 12.2. The van der Waals surface area contributed by atoms with Gasteiger partial charge in [0, 0.05) is 30.3 Å². The van der Waals surface area contributed by atoms with E-state index in [1.165, 1.54) is 0 Å². The Bertz CT molecular complexity index is 846. The van der Waals surface area contributed by atoms with Crippen molar-refractivity contribution in [3.05, 3.63) is 53.1 Å². The number of benzene rings is 2. The summed E-state index contributed by atoms with van der Waals surface area (Å²) in [6.45, 7) is 1.10. The van der Waals surface area contributed by atoms with Crippen LogP contribution in [0.15, 0.2) is 42.5 Å². The fourth-order valence-electron chi connectivity index (χ4n) is 3.25. The van der Waals surface area contributed by atoms with E-state index in [9.17, 15) is 9.59 Å². The topological polar surface area (TPSA) is 67.9 Å². The van der Waals surface area contributed by atoms with Crippen molar-refractivity contribution in [1.82, 2.24) is 4.90 Å². The number of rotatable bonds is 5. The van der Waals surface area contributed by atoms with Crippen molar-refractivity contribution in [2.24, 2.45) is 5.92 Å². The number of methoxy groups -OCH3 is 2. The van der Waals surface area contributed by atoms with E-state index in [0.29, 0.717) is 53.7 Å². The SMILES string of the molecule is COc1ccc(C(=O)N2CCC(C(=O)Nc3ccc(OC)c(Cl)c3)CC2)cc1. The van der Waals surface area contributed by atoms with Crippen molar-refractivity contribution >= 4 is 29.1 Å². The van der Waals surface area contributed by atoms with E-state index < -0.39 is 0 Å². The van der Waals surface area contributed by atoms with Crippen LogP contribution >= 0.6 is 11.6 Å². The fourth-order valence-corrected chi connectivity index (χ4v) is 3.51. The lowest BCUT2D eigenvalue weighted by Gasteiger charge is -2.31. The van der Waals surface area contributed by atoms with Gasteiger partial charge in [-0.1, -0.05) is 11.6 Å². The van der Waals surface area contributed by atoms with E-state index in [1.807, 2.05) is 0 Å². The number of likely N-dealkylation sites (tertiary alicyclic amines) is 1. The maximum Gasteiger partial charge on any atom is 0.253 e. The van der Waals surface area contributed by atoms with Gasteiger partial charge in [-0.25, -0.2) is 0 Å². The average molecular weight is 403 g/mol. The Hall–Kier alpha value is -2.73. The lowest BCUT2D eigenvalue weighted by atomic mass is 9.95. The maximum absolute atomic E-state index is 12.6. The Balaban J connectivity index is 1.54.